The van der Waals surface area contributed by atoms with Gasteiger partial charge in [-0.25, -0.2) is 0 Å². The topological polar surface area (TPSA) is 46.3 Å². The smallest absolute Gasteiger partial charge is 0.234 e. The summed E-state index contributed by atoms with van der Waals surface area (Å²) in [6.07, 6.45) is 5.68. The van der Waals surface area contributed by atoms with Crippen molar-refractivity contribution < 1.29 is 4.79 Å². The quantitative estimate of drug-likeness (QED) is 0.712. The highest BCUT2D eigenvalue weighted by atomic mass is 16.1. The predicted molar refractivity (Wildman–Crippen MR) is 53.3 cm³/mol. The van der Waals surface area contributed by atoms with E-state index in [0.29, 0.717) is 0 Å². The van der Waals surface area contributed by atoms with Crippen LogP contribution in [0.25, 0.3) is 0 Å². The summed E-state index contributed by atoms with van der Waals surface area (Å²) in [7, 11) is 0. The van der Waals surface area contributed by atoms with Crippen molar-refractivity contribution in [2.45, 2.75) is 45.1 Å². The van der Waals surface area contributed by atoms with Crippen LogP contribution in [0.1, 0.15) is 39.0 Å². The minimum atomic E-state index is -0.149. The van der Waals surface area contributed by atoms with Gasteiger partial charge < -0.3 is 5.73 Å². The number of primary amides is 1. The van der Waals surface area contributed by atoms with Crippen LogP contribution < -0.4 is 5.73 Å². The molecule has 0 bridgehead atoms. The lowest BCUT2D eigenvalue weighted by molar-refractivity contribution is -0.123. The van der Waals surface area contributed by atoms with Gasteiger partial charge in [0.1, 0.15) is 0 Å². The number of hydrogen-bond acceptors (Lipinski definition) is 2. The second kappa shape index (κ2) is 5.22. The van der Waals surface area contributed by atoms with Gasteiger partial charge in [-0.3, -0.25) is 9.69 Å². The first-order valence-corrected chi connectivity index (χ1v) is 5.29. The molecule has 0 aromatic rings. The summed E-state index contributed by atoms with van der Waals surface area (Å²) in [5, 5.41) is 0. The van der Waals surface area contributed by atoms with Crippen molar-refractivity contribution in [1.29, 1.82) is 0 Å². The first kappa shape index (κ1) is 10.5. The monoisotopic (exact) mass is 184 g/mol. The molecule has 0 saturated carbocycles. The van der Waals surface area contributed by atoms with Gasteiger partial charge in [0, 0.05) is 0 Å². The zero-order valence-electron chi connectivity index (χ0n) is 8.46. The summed E-state index contributed by atoms with van der Waals surface area (Å²) in [5.74, 6) is -0.149. The van der Waals surface area contributed by atoms with Gasteiger partial charge in [-0.05, 0) is 32.4 Å². The van der Waals surface area contributed by atoms with E-state index in [-0.39, 0.29) is 11.9 Å². The Hall–Kier alpha value is -0.570. The Morgan fingerprint density at radius 3 is 2.46 bits per heavy atom. The third-order valence-electron chi connectivity index (χ3n) is 2.72. The number of carbonyl (C=O) groups is 1. The highest BCUT2D eigenvalue weighted by Gasteiger charge is 2.23. The molecule has 0 aromatic carbocycles. The molecule has 1 rings (SSSR count). The Kier molecular flexibility index (Phi) is 4.22. The molecule has 13 heavy (non-hydrogen) atoms. The van der Waals surface area contributed by atoms with Crippen LogP contribution in [0.15, 0.2) is 0 Å². The first-order chi connectivity index (χ1) is 6.25. The maximum Gasteiger partial charge on any atom is 0.234 e. The lowest BCUT2D eigenvalue weighted by Crippen LogP contribution is -2.46. The summed E-state index contributed by atoms with van der Waals surface area (Å²) in [6.45, 7) is 4.20. The summed E-state index contributed by atoms with van der Waals surface area (Å²) in [5.41, 5.74) is 5.37. The largest absolute Gasteiger partial charge is 0.368 e. The molecule has 3 nitrogen and oxygen atoms in total. The summed E-state index contributed by atoms with van der Waals surface area (Å²) < 4.78 is 0. The van der Waals surface area contributed by atoms with Crippen molar-refractivity contribution in [2.24, 2.45) is 5.73 Å². The number of likely N-dealkylation sites (tertiary alicyclic amines) is 1. The fraction of sp³-hybridized carbons (Fsp3) is 0.900. The Balaban J connectivity index is 2.46. The van der Waals surface area contributed by atoms with Crippen LogP contribution in [0.2, 0.25) is 0 Å². The van der Waals surface area contributed by atoms with Crippen LogP contribution >= 0.6 is 0 Å². The number of amides is 1. The molecule has 0 aromatic heterocycles. The fourth-order valence-corrected chi connectivity index (χ4v) is 2.01. The lowest BCUT2D eigenvalue weighted by atomic mass is 10.0. The molecule has 1 fully saturated rings. The van der Waals surface area contributed by atoms with E-state index in [2.05, 4.69) is 11.8 Å². The molecule has 1 saturated heterocycles. The van der Waals surface area contributed by atoms with E-state index in [1.807, 2.05) is 0 Å². The van der Waals surface area contributed by atoms with Gasteiger partial charge in [0.2, 0.25) is 5.91 Å². The number of piperidine rings is 1. The fourth-order valence-electron chi connectivity index (χ4n) is 2.01. The highest BCUT2D eigenvalue weighted by molar-refractivity contribution is 5.79. The van der Waals surface area contributed by atoms with Crippen molar-refractivity contribution >= 4 is 5.91 Å². The van der Waals surface area contributed by atoms with Crippen LogP contribution in [0.5, 0.6) is 0 Å². The molecule has 1 unspecified atom stereocenters. The van der Waals surface area contributed by atoms with Gasteiger partial charge in [0.25, 0.3) is 0 Å². The van der Waals surface area contributed by atoms with E-state index in [4.69, 9.17) is 5.73 Å². The maximum atomic E-state index is 11.2. The molecule has 0 spiro atoms. The zero-order chi connectivity index (χ0) is 9.68. The van der Waals surface area contributed by atoms with Gasteiger partial charge in [-0.2, -0.15) is 0 Å². The minimum Gasteiger partial charge on any atom is -0.368 e. The summed E-state index contributed by atoms with van der Waals surface area (Å²) in [4.78, 5) is 13.4. The maximum absolute atomic E-state index is 11.2. The van der Waals surface area contributed by atoms with Crippen molar-refractivity contribution in [2.75, 3.05) is 13.1 Å². The van der Waals surface area contributed by atoms with Crippen LogP contribution in [-0.4, -0.2) is 29.9 Å². The number of carbonyl (C=O) groups excluding carboxylic acids is 1. The van der Waals surface area contributed by atoms with E-state index < -0.39 is 0 Å². The molecule has 3 heteroatoms. The van der Waals surface area contributed by atoms with Crippen LogP contribution in [0.4, 0.5) is 0 Å². The van der Waals surface area contributed by atoms with E-state index in [1.165, 1.54) is 19.3 Å². The molecule has 1 atom stereocenters. The Morgan fingerprint density at radius 1 is 1.38 bits per heavy atom. The first-order valence-electron chi connectivity index (χ1n) is 5.29. The van der Waals surface area contributed by atoms with Gasteiger partial charge >= 0.3 is 0 Å². The Labute approximate surface area is 80.3 Å². The van der Waals surface area contributed by atoms with Gasteiger partial charge in [0.15, 0.2) is 0 Å². The van der Waals surface area contributed by atoms with Crippen molar-refractivity contribution in [1.82, 2.24) is 4.90 Å². The molecular formula is C10H20N2O. The molecule has 0 aliphatic carbocycles. The number of rotatable bonds is 4. The minimum absolute atomic E-state index is 0.00898. The van der Waals surface area contributed by atoms with Gasteiger partial charge in [-0.1, -0.05) is 19.8 Å². The molecule has 1 amide bonds. The van der Waals surface area contributed by atoms with Crippen molar-refractivity contribution in [3.8, 4) is 0 Å². The normalized spacial score (nSPS) is 21.3. The molecule has 1 heterocycles. The average molecular weight is 184 g/mol. The third kappa shape index (κ3) is 2.99. The molecular weight excluding hydrogens is 164 g/mol. The second-order valence-corrected chi connectivity index (χ2v) is 3.80. The molecule has 76 valence electrons. The second-order valence-electron chi connectivity index (χ2n) is 3.80. The van der Waals surface area contributed by atoms with E-state index >= 15 is 0 Å². The Bertz CT molecular complexity index is 164. The number of nitrogens with two attached hydrogens (primary N) is 1. The highest BCUT2D eigenvalue weighted by Crippen LogP contribution is 2.14. The van der Waals surface area contributed by atoms with Crippen LogP contribution in [0, 0.1) is 0 Å². The van der Waals surface area contributed by atoms with Gasteiger partial charge in [-0.15, -0.1) is 0 Å². The zero-order valence-corrected chi connectivity index (χ0v) is 8.46. The van der Waals surface area contributed by atoms with Crippen molar-refractivity contribution in [3.05, 3.63) is 0 Å². The molecule has 1 aliphatic heterocycles. The summed E-state index contributed by atoms with van der Waals surface area (Å²) >= 11 is 0. The lowest BCUT2D eigenvalue weighted by Gasteiger charge is -2.32. The number of nitrogens with zero attached hydrogens (tertiary/aromatic N) is 1. The Morgan fingerprint density at radius 2 is 2.00 bits per heavy atom. The average Bonchev–Trinajstić information content (AvgIpc) is 2.15. The van der Waals surface area contributed by atoms with E-state index in [1.54, 1.807) is 0 Å². The molecule has 2 N–H and O–H groups in total. The summed E-state index contributed by atoms with van der Waals surface area (Å²) in [6, 6.07) is -0.00898. The van der Waals surface area contributed by atoms with Gasteiger partial charge in [0.05, 0.1) is 6.04 Å². The predicted octanol–water partition coefficient (Wildman–Crippen LogP) is 1.13. The van der Waals surface area contributed by atoms with E-state index in [0.717, 1.165) is 25.9 Å². The standard InChI is InChI=1S/C10H20N2O/c1-2-6-9(10(11)13)12-7-4-3-5-8-12/h9H,2-8H2,1H3,(H2,11,13). The number of hydrogen-bond donors (Lipinski definition) is 1. The molecule has 0 radical (unpaired) electrons. The van der Waals surface area contributed by atoms with Crippen molar-refractivity contribution in [3.63, 3.8) is 0 Å². The van der Waals surface area contributed by atoms with Crippen LogP contribution in [-0.2, 0) is 4.79 Å². The van der Waals surface area contributed by atoms with E-state index in [9.17, 15) is 4.79 Å². The SMILES string of the molecule is CCCC(C(N)=O)N1CCCCC1. The third-order valence-corrected chi connectivity index (χ3v) is 2.72. The van der Waals surface area contributed by atoms with Crippen LogP contribution in [0.3, 0.4) is 0 Å². The molecule has 1 aliphatic rings.